The van der Waals surface area contributed by atoms with Gasteiger partial charge in [-0.05, 0) is 48.2 Å². The Morgan fingerprint density at radius 1 is 1.03 bits per heavy atom. The van der Waals surface area contributed by atoms with E-state index in [-0.39, 0.29) is 19.1 Å². The van der Waals surface area contributed by atoms with Gasteiger partial charge in [0, 0.05) is 61.4 Å². The van der Waals surface area contributed by atoms with E-state index in [1.54, 1.807) is 27.7 Å². The largest absolute Gasteiger partial charge is 0.328 e. The van der Waals surface area contributed by atoms with E-state index in [4.69, 9.17) is 11.6 Å². The van der Waals surface area contributed by atoms with Gasteiger partial charge in [0.1, 0.15) is 4.21 Å². The summed E-state index contributed by atoms with van der Waals surface area (Å²) in [7, 11) is -1.52. The van der Waals surface area contributed by atoms with Gasteiger partial charge in [0.25, 0.3) is 10.0 Å². The van der Waals surface area contributed by atoms with Crippen LogP contribution in [0.15, 0.2) is 40.9 Å². The van der Waals surface area contributed by atoms with Crippen LogP contribution in [0.2, 0.25) is 5.02 Å². The van der Waals surface area contributed by atoms with Crippen LogP contribution in [0.25, 0.3) is 10.1 Å². The monoisotopic (exact) mass is 478 g/mol. The quantitative estimate of drug-likeness (QED) is 0.566. The van der Waals surface area contributed by atoms with Crippen LogP contribution in [0.5, 0.6) is 0 Å². The second kappa shape index (κ2) is 7.90. The van der Waals surface area contributed by atoms with Crippen molar-refractivity contribution < 1.29 is 13.2 Å². The van der Waals surface area contributed by atoms with Crippen molar-refractivity contribution in [2.24, 2.45) is 0 Å². The summed E-state index contributed by atoms with van der Waals surface area (Å²) in [6.45, 7) is 3.16. The van der Waals surface area contributed by atoms with E-state index < -0.39 is 10.0 Å². The van der Waals surface area contributed by atoms with E-state index in [0.717, 1.165) is 29.6 Å². The first kappa shape index (κ1) is 21.0. The van der Waals surface area contributed by atoms with Crippen molar-refractivity contribution >= 4 is 49.1 Å². The minimum absolute atomic E-state index is 0.0920. The van der Waals surface area contributed by atoms with E-state index in [9.17, 15) is 13.2 Å². The van der Waals surface area contributed by atoms with Gasteiger partial charge in [-0.15, -0.1) is 11.3 Å². The highest BCUT2D eigenvalue weighted by Crippen LogP contribution is 2.33. The second-order valence-corrected chi connectivity index (χ2v) is 11.8. The number of fused-ring (bicyclic) bond motifs is 2. The zero-order valence-corrected chi connectivity index (χ0v) is 19.5. The number of likely N-dealkylation sites (N-methyl/N-ethyl adjacent to an activating group) is 1. The highest BCUT2D eigenvalue weighted by Gasteiger charge is 2.32. The summed E-state index contributed by atoms with van der Waals surface area (Å²) in [6.07, 6.45) is 4.79. The van der Waals surface area contributed by atoms with Crippen LogP contribution in [-0.4, -0.2) is 72.9 Å². The molecule has 4 heterocycles. The Morgan fingerprint density at radius 3 is 2.55 bits per heavy atom. The molecule has 0 N–H and O–H groups in total. The topological polar surface area (TPSA) is 65.9 Å². The molecule has 7 nitrogen and oxygen atoms in total. The average Bonchev–Trinajstić information content (AvgIpc) is 3.37. The van der Waals surface area contributed by atoms with Crippen molar-refractivity contribution in [3.05, 3.63) is 52.8 Å². The van der Waals surface area contributed by atoms with Crippen LogP contribution in [-0.2, 0) is 23.0 Å². The number of rotatable bonds is 2. The van der Waals surface area contributed by atoms with E-state index in [0.29, 0.717) is 22.3 Å². The fourth-order valence-corrected chi connectivity index (χ4v) is 7.47. The number of sulfonamides is 1. The van der Waals surface area contributed by atoms with Gasteiger partial charge in [-0.3, -0.25) is 4.57 Å². The van der Waals surface area contributed by atoms with Gasteiger partial charge in [-0.2, -0.15) is 4.31 Å². The molecule has 0 atom stereocenters. The number of amides is 1. The molecule has 1 saturated heterocycles. The summed E-state index contributed by atoms with van der Waals surface area (Å²) in [5.41, 5.74) is 2.41. The molecule has 3 aromatic rings. The van der Waals surface area contributed by atoms with E-state index in [1.807, 2.05) is 18.5 Å². The lowest BCUT2D eigenvalue weighted by atomic mass is 10.1. The van der Waals surface area contributed by atoms with Crippen molar-refractivity contribution in [2.45, 2.75) is 17.2 Å². The maximum absolute atomic E-state index is 13.1. The van der Waals surface area contributed by atoms with Gasteiger partial charge in [0.2, 0.25) is 0 Å². The standard InChI is InChI=1S/C21H23ClN4O3S2/c1-23-5-4-16-13-25(14-17(16)12-23)21(27)24-6-8-26(9-7-24)31(28,29)20-10-15-2-3-18(22)11-19(15)30-20/h2-3,10-11,13-14H,4-9,12H2,1H3. The molecular weight excluding hydrogens is 456 g/mol. The van der Waals surface area contributed by atoms with Crippen molar-refractivity contribution in [2.75, 3.05) is 39.8 Å². The summed E-state index contributed by atoms with van der Waals surface area (Å²) in [5.74, 6) is 0. The van der Waals surface area contributed by atoms with Gasteiger partial charge in [0.15, 0.2) is 0 Å². The van der Waals surface area contributed by atoms with Gasteiger partial charge in [-0.1, -0.05) is 17.7 Å². The molecule has 1 fully saturated rings. The summed E-state index contributed by atoms with van der Waals surface area (Å²) < 4.78 is 30.6. The van der Waals surface area contributed by atoms with Crippen LogP contribution in [0.4, 0.5) is 4.79 Å². The van der Waals surface area contributed by atoms with Crippen LogP contribution < -0.4 is 0 Å². The molecule has 0 radical (unpaired) electrons. The lowest BCUT2D eigenvalue weighted by molar-refractivity contribution is 0.174. The van der Waals surface area contributed by atoms with Crippen molar-refractivity contribution in [1.82, 2.24) is 18.7 Å². The number of carbonyl (C=O) groups excluding carboxylic acids is 1. The fourth-order valence-electron chi connectivity index (χ4n) is 4.22. The highest BCUT2D eigenvalue weighted by atomic mass is 35.5. The molecule has 0 unspecified atom stereocenters. The van der Waals surface area contributed by atoms with Crippen molar-refractivity contribution in [1.29, 1.82) is 0 Å². The maximum Gasteiger partial charge on any atom is 0.328 e. The van der Waals surface area contributed by atoms with Gasteiger partial charge < -0.3 is 9.80 Å². The highest BCUT2D eigenvalue weighted by molar-refractivity contribution is 7.91. The lowest BCUT2D eigenvalue weighted by Crippen LogP contribution is -2.51. The zero-order chi connectivity index (χ0) is 21.8. The van der Waals surface area contributed by atoms with Gasteiger partial charge in [0.05, 0.1) is 0 Å². The van der Waals surface area contributed by atoms with Crippen LogP contribution in [0.1, 0.15) is 11.1 Å². The Morgan fingerprint density at radius 2 is 1.77 bits per heavy atom. The molecule has 31 heavy (non-hydrogen) atoms. The number of nitrogens with zero attached hydrogens (tertiary/aromatic N) is 4. The number of piperazine rings is 1. The number of halogens is 1. The number of aromatic nitrogens is 1. The SMILES string of the molecule is CN1CCc2cn(C(=O)N3CCN(S(=O)(=O)c4cc5ccc(Cl)cc5s4)CC3)cc2C1. The van der Waals surface area contributed by atoms with Crippen molar-refractivity contribution in [3.63, 3.8) is 0 Å². The minimum Gasteiger partial charge on any atom is -0.321 e. The number of thiophene rings is 1. The first-order chi connectivity index (χ1) is 14.8. The maximum atomic E-state index is 13.1. The van der Waals surface area contributed by atoms with E-state index in [1.165, 1.54) is 26.8 Å². The molecule has 164 valence electrons. The van der Waals surface area contributed by atoms with Crippen LogP contribution in [0.3, 0.4) is 0 Å². The number of hydrogen-bond acceptors (Lipinski definition) is 5. The smallest absolute Gasteiger partial charge is 0.321 e. The third-order valence-corrected chi connectivity index (χ3v) is 9.67. The first-order valence-corrected chi connectivity index (χ1v) is 12.8. The number of hydrogen-bond donors (Lipinski definition) is 0. The van der Waals surface area contributed by atoms with E-state index in [2.05, 4.69) is 11.9 Å². The van der Waals surface area contributed by atoms with Crippen LogP contribution in [0, 0.1) is 0 Å². The Kier molecular flexibility index (Phi) is 5.34. The molecule has 0 aliphatic carbocycles. The lowest BCUT2D eigenvalue weighted by Gasteiger charge is -2.33. The molecule has 2 aliphatic heterocycles. The number of carbonyl (C=O) groups is 1. The summed E-state index contributed by atoms with van der Waals surface area (Å²) in [6, 6.07) is 6.98. The molecule has 10 heteroatoms. The Balaban J connectivity index is 1.28. The summed E-state index contributed by atoms with van der Waals surface area (Å²) in [5, 5.41) is 1.45. The predicted octanol–water partition coefficient (Wildman–Crippen LogP) is 3.32. The minimum atomic E-state index is -3.60. The fraction of sp³-hybridized carbons (Fsp3) is 0.381. The third-order valence-electron chi connectivity index (χ3n) is 5.99. The van der Waals surface area contributed by atoms with Crippen molar-refractivity contribution in [3.8, 4) is 0 Å². The molecule has 1 amide bonds. The molecule has 5 rings (SSSR count). The average molecular weight is 479 g/mol. The molecule has 1 aromatic carbocycles. The molecular formula is C21H23ClN4O3S2. The normalized spacial score (nSPS) is 18.5. The summed E-state index contributed by atoms with van der Waals surface area (Å²) in [4.78, 5) is 16.9. The second-order valence-electron chi connectivity index (χ2n) is 8.13. The molecule has 0 saturated carbocycles. The molecule has 2 aromatic heterocycles. The molecule has 0 bridgehead atoms. The third kappa shape index (κ3) is 3.89. The van der Waals surface area contributed by atoms with Gasteiger partial charge in [-0.25, -0.2) is 13.2 Å². The van der Waals surface area contributed by atoms with Crippen LogP contribution >= 0.6 is 22.9 Å². The van der Waals surface area contributed by atoms with E-state index >= 15 is 0 Å². The number of benzene rings is 1. The molecule has 0 spiro atoms. The zero-order valence-electron chi connectivity index (χ0n) is 17.1. The Bertz CT molecular complexity index is 1260. The Hall–Kier alpha value is -1.91. The molecule has 2 aliphatic rings. The first-order valence-electron chi connectivity index (χ1n) is 10.2. The summed E-state index contributed by atoms with van der Waals surface area (Å²) >= 11 is 7.26. The predicted molar refractivity (Wildman–Crippen MR) is 122 cm³/mol. The van der Waals surface area contributed by atoms with Gasteiger partial charge >= 0.3 is 6.03 Å². The Labute approximate surface area is 190 Å².